The maximum absolute atomic E-state index is 5.71. The second kappa shape index (κ2) is 10.1. The third-order valence-corrected chi connectivity index (χ3v) is 12.6. The molecule has 12 aromatic rings. The number of aromatic nitrogens is 4. The summed E-state index contributed by atoms with van der Waals surface area (Å²) in [5.74, 6) is 0.684. The molecule has 0 aliphatic heterocycles. The molecule has 4 nitrogen and oxygen atoms in total. The Labute approximate surface area is 315 Å². The number of benzene rings is 8. The summed E-state index contributed by atoms with van der Waals surface area (Å²) in [4.78, 5) is 11.4. The van der Waals surface area contributed by atoms with Gasteiger partial charge in [0.1, 0.15) is 0 Å². The molecule has 55 heavy (non-hydrogen) atoms. The van der Waals surface area contributed by atoms with E-state index in [1.54, 1.807) is 0 Å². The minimum Gasteiger partial charge on any atom is -0.307 e. The smallest absolute Gasteiger partial charge is 0.235 e. The zero-order valence-corrected chi connectivity index (χ0v) is 30.3. The van der Waals surface area contributed by atoms with Crippen molar-refractivity contribution in [3.8, 4) is 28.5 Å². The van der Waals surface area contributed by atoms with E-state index in [-0.39, 0.29) is 5.41 Å². The average molecular weight is 701 g/mol. The van der Waals surface area contributed by atoms with E-state index in [2.05, 4.69) is 181 Å². The van der Waals surface area contributed by atoms with Crippen LogP contribution < -0.4 is 0 Å². The van der Waals surface area contributed by atoms with Crippen molar-refractivity contribution in [3.05, 3.63) is 169 Å². The fourth-order valence-electron chi connectivity index (χ4n) is 10.2. The molecule has 13 rings (SSSR count). The van der Waals surface area contributed by atoms with Gasteiger partial charge in [0.15, 0.2) is 0 Å². The van der Waals surface area contributed by atoms with Gasteiger partial charge in [-0.15, -0.1) is 0 Å². The van der Waals surface area contributed by atoms with Crippen molar-refractivity contribution in [3.63, 3.8) is 0 Å². The summed E-state index contributed by atoms with van der Waals surface area (Å²) in [6, 6.07) is 57.7. The molecule has 0 unspecified atom stereocenters. The highest BCUT2D eigenvalue weighted by atomic mass is 15.2. The van der Waals surface area contributed by atoms with Crippen molar-refractivity contribution in [1.29, 1.82) is 0 Å². The number of hydrogen-bond donors (Lipinski definition) is 0. The lowest BCUT2D eigenvalue weighted by molar-refractivity contribution is 0.657. The van der Waals surface area contributed by atoms with Crippen LogP contribution in [0.3, 0.4) is 0 Å². The fourth-order valence-corrected chi connectivity index (χ4v) is 10.2. The normalized spacial score (nSPS) is 13.8. The first-order valence-electron chi connectivity index (χ1n) is 19.1. The summed E-state index contributed by atoms with van der Waals surface area (Å²) in [6.45, 7) is 4.64. The van der Waals surface area contributed by atoms with Crippen molar-refractivity contribution in [2.45, 2.75) is 19.3 Å². The van der Waals surface area contributed by atoms with Gasteiger partial charge in [-0.05, 0) is 39.9 Å². The van der Waals surface area contributed by atoms with E-state index in [4.69, 9.17) is 9.97 Å². The second-order valence-corrected chi connectivity index (χ2v) is 15.8. The Morgan fingerprint density at radius 3 is 1.89 bits per heavy atom. The van der Waals surface area contributed by atoms with Crippen LogP contribution in [0, 0.1) is 0 Å². The Morgan fingerprint density at radius 2 is 1.05 bits per heavy atom. The summed E-state index contributed by atoms with van der Waals surface area (Å²) in [6.07, 6.45) is 0. The molecule has 4 heterocycles. The quantitative estimate of drug-likeness (QED) is 0.180. The summed E-state index contributed by atoms with van der Waals surface area (Å²) in [5.41, 5.74) is 12.4. The molecule has 0 amide bonds. The minimum atomic E-state index is -0.285. The highest BCUT2D eigenvalue weighted by Crippen LogP contribution is 2.52. The third kappa shape index (κ3) is 3.62. The van der Waals surface area contributed by atoms with Gasteiger partial charge in [-0.2, -0.15) is 0 Å². The van der Waals surface area contributed by atoms with Crippen molar-refractivity contribution in [2.24, 2.45) is 0 Å². The molecule has 0 fully saturated rings. The molecule has 0 N–H and O–H groups in total. The number of hydrogen-bond acceptors (Lipinski definition) is 2. The summed E-state index contributed by atoms with van der Waals surface area (Å²) < 4.78 is 4.87. The van der Waals surface area contributed by atoms with Crippen molar-refractivity contribution >= 4 is 81.4 Å². The number of rotatable bonds is 2. The molecule has 0 spiro atoms. The van der Waals surface area contributed by atoms with Gasteiger partial charge >= 0.3 is 0 Å². The predicted molar refractivity (Wildman–Crippen MR) is 229 cm³/mol. The lowest BCUT2D eigenvalue weighted by atomic mass is 9.80. The molecule has 0 saturated carbocycles. The Morgan fingerprint density at radius 1 is 0.455 bits per heavy atom. The van der Waals surface area contributed by atoms with E-state index >= 15 is 0 Å². The van der Waals surface area contributed by atoms with Crippen molar-refractivity contribution in [1.82, 2.24) is 18.9 Å². The van der Waals surface area contributed by atoms with Gasteiger partial charge in [0.25, 0.3) is 0 Å². The Bertz CT molecular complexity index is 3630. The molecule has 4 aromatic heterocycles. The van der Waals surface area contributed by atoms with Crippen LogP contribution in [0.5, 0.6) is 0 Å². The van der Waals surface area contributed by atoms with Gasteiger partial charge in [0, 0.05) is 59.8 Å². The first-order chi connectivity index (χ1) is 27.1. The Hall–Kier alpha value is -7.04. The van der Waals surface area contributed by atoms with Crippen LogP contribution in [-0.2, 0) is 5.41 Å². The standard InChI is InChI=1S/C51H32N4/c1-51(2)40-19-8-5-16-39(40)46-44(51)45(32-23-22-29-12-3-4-13-31(29)28-32)52-50(53-46)55-42-21-10-7-15-34(42)37-26-24-30-25-27-38-36-18-11-17-35-33-14-6-9-20-41(33)54(47(35)36)48(38)43(30)49(37)55/h3-28H,1-2H3. The molecular formula is C51H32N4. The molecule has 0 saturated heterocycles. The van der Waals surface area contributed by atoms with Crippen LogP contribution in [-0.4, -0.2) is 18.9 Å². The average Bonchev–Trinajstić information content (AvgIpc) is 3.93. The second-order valence-electron chi connectivity index (χ2n) is 15.8. The number of nitrogens with zero attached hydrogens (tertiary/aromatic N) is 4. The summed E-state index contributed by atoms with van der Waals surface area (Å²) >= 11 is 0. The molecule has 0 atom stereocenters. The monoisotopic (exact) mass is 700 g/mol. The highest BCUT2D eigenvalue weighted by Gasteiger charge is 2.40. The topological polar surface area (TPSA) is 35.1 Å². The number of fused-ring (bicyclic) bond motifs is 16. The molecular weight excluding hydrogens is 669 g/mol. The fraction of sp³-hybridized carbons (Fsp3) is 0.0588. The van der Waals surface area contributed by atoms with E-state index < -0.39 is 0 Å². The van der Waals surface area contributed by atoms with Crippen LogP contribution in [0.1, 0.15) is 25.0 Å². The molecule has 4 heteroatoms. The highest BCUT2D eigenvalue weighted by molar-refractivity contribution is 6.32. The zero-order valence-electron chi connectivity index (χ0n) is 30.3. The summed E-state index contributed by atoms with van der Waals surface area (Å²) in [7, 11) is 0. The Kier molecular flexibility index (Phi) is 5.42. The van der Waals surface area contributed by atoms with Gasteiger partial charge in [0.2, 0.25) is 5.95 Å². The van der Waals surface area contributed by atoms with Gasteiger partial charge < -0.3 is 4.40 Å². The SMILES string of the molecule is CC1(C)c2ccccc2-c2nc(-n3c4ccccc4c4ccc5ccc6c7cccc8c9ccccc9n(c87)c6c5c43)nc(-c3ccc4ccccc4c3)c21. The maximum atomic E-state index is 5.71. The molecule has 256 valence electrons. The van der Waals surface area contributed by atoms with E-state index in [0.29, 0.717) is 5.95 Å². The van der Waals surface area contributed by atoms with E-state index in [1.807, 2.05) is 0 Å². The van der Waals surface area contributed by atoms with E-state index in [0.717, 1.165) is 28.0 Å². The minimum absolute atomic E-state index is 0.285. The Balaban J connectivity index is 1.24. The third-order valence-electron chi connectivity index (χ3n) is 12.6. The van der Waals surface area contributed by atoms with Crippen molar-refractivity contribution in [2.75, 3.05) is 0 Å². The summed E-state index contributed by atoms with van der Waals surface area (Å²) in [5, 5.41) is 12.3. The molecule has 1 aliphatic rings. The predicted octanol–water partition coefficient (Wildman–Crippen LogP) is 13.0. The zero-order chi connectivity index (χ0) is 36.2. The first-order valence-corrected chi connectivity index (χ1v) is 19.1. The van der Waals surface area contributed by atoms with Gasteiger partial charge in [-0.3, -0.25) is 4.57 Å². The number of para-hydroxylation sites is 3. The largest absolute Gasteiger partial charge is 0.307 e. The molecule has 8 aromatic carbocycles. The van der Waals surface area contributed by atoms with E-state index in [1.165, 1.54) is 87.1 Å². The first kappa shape index (κ1) is 29.4. The van der Waals surface area contributed by atoms with Crippen LogP contribution >= 0.6 is 0 Å². The van der Waals surface area contributed by atoms with Gasteiger partial charge in [-0.25, -0.2) is 9.97 Å². The lowest BCUT2D eigenvalue weighted by Crippen LogP contribution is -2.18. The van der Waals surface area contributed by atoms with Crippen LogP contribution in [0.4, 0.5) is 0 Å². The van der Waals surface area contributed by atoms with E-state index in [9.17, 15) is 0 Å². The molecule has 1 aliphatic carbocycles. The van der Waals surface area contributed by atoms with Gasteiger partial charge in [-0.1, -0.05) is 153 Å². The molecule has 0 bridgehead atoms. The maximum Gasteiger partial charge on any atom is 0.235 e. The van der Waals surface area contributed by atoms with Gasteiger partial charge in [0.05, 0.1) is 39.0 Å². The van der Waals surface area contributed by atoms with Crippen molar-refractivity contribution < 1.29 is 0 Å². The van der Waals surface area contributed by atoms with Crippen LogP contribution in [0.15, 0.2) is 158 Å². The van der Waals surface area contributed by atoms with Crippen LogP contribution in [0.2, 0.25) is 0 Å². The lowest BCUT2D eigenvalue weighted by Gasteiger charge is -2.24. The van der Waals surface area contributed by atoms with Crippen LogP contribution in [0.25, 0.3) is 110 Å². The molecule has 0 radical (unpaired) electrons.